The lowest BCUT2D eigenvalue weighted by atomic mass is 10.2. The fourth-order valence-electron chi connectivity index (χ4n) is 1.86. The summed E-state index contributed by atoms with van der Waals surface area (Å²) in [4.78, 5) is 11.6. The summed E-state index contributed by atoms with van der Waals surface area (Å²) in [6, 6.07) is 7.07. The Balaban J connectivity index is 1.77. The van der Waals surface area contributed by atoms with Crippen molar-refractivity contribution in [2.24, 2.45) is 0 Å². The molecular formula is C12H14INO4S. The summed E-state index contributed by atoms with van der Waals surface area (Å²) in [5.74, 6) is 0.508. The van der Waals surface area contributed by atoms with Crippen LogP contribution in [0, 0.1) is 3.57 Å². The molecule has 1 heterocycles. The molecule has 1 aliphatic heterocycles. The Hall–Kier alpha value is -0.830. The SMILES string of the molecule is O=C(COc1ccc(I)cc1)N[C@H]1CCS(=O)(=O)C1. The maximum absolute atomic E-state index is 11.6. The van der Waals surface area contributed by atoms with Gasteiger partial charge in [-0.2, -0.15) is 0 Å². The Kier molecular flexibility index (Phi) is 4.67. The first-order valence-corrected chi connectivity index (χ1v) is 8.73. The molecule has 1 aromatic carbocycles. The summed E-state index contributed by atoms with van der Waals surface area (Å²) in [5.41, 5.74) is 0. The predicted molar refractivity (Wildman–Crippen MR) is 79.9 cm³/mol. The van der Waals surface area contributed by atoms with E-state index in [0.29, 0.717) is 12.2 Å². The van der Waals surface area contributed by atoms with Crippen LogP contribution in [-0.4, -0.2) is 38.5 Å². The van der Waals surface area contributed by atoms with Crippen LogP contribution in [0.15, 0.2) is 24.3 Å². The Morgan fingerprint density at radius 3 is 2.63 bits per heavy atom. The Labute approximate surface area is 125 Å². The van der Waals surface area contributed by atoms with Crippen molar-refractivity contribution >= 4 is 38.3 Å². The van der Waals surface area contributed by atoms with E-state index in [1.54, 1.807) is 12.1 Å². The number of hydrogen-bond acceptors (Lipinski definition) is 4. The first-order valence-electron chi connectivity index (χ1n) is 5.83. The smallest absolute Gasteiger partial charge is 0.258 e. The van der Waals surface area contributed by atoms with Gasteiger partial charge in [0.2, 0.25) is 0 Å². The van der Waals surface area contributed by atoms with E-state index in [1.165, 1.54) is 0 Å². The molecule has 0 aromatic heterocycles. The molecule has 0 aliphatic carbocycles. The summed E-state index contributed by atoms with van der Waals surface area (Å²) in [6.45, 7) is -0.100. The number of benzene rings is 1. The minimum Gasteiger partial charge on any atom is -0.484 e. The normalized spacial score (nSPS) is 21.0. The van der Waals surface area contributed by atoms with Crippen molar-refractivity contribution in [2.45, 2.75) is 12.5 Å². The molecule has 1 atom stereocenters. The van der Waals surface area contributed by atoms with E-state index in [9.17, 15) is 13.2 Å². The molecule has 1 saturated heterocycles. The number of ether oxygens (including phenoxy) is 1. The van der Waals surface area contributed by atoms with Gasteiger partial charge in [0.1, 0.15) is 5.75 Å². The van der Waals surface area contributed by atoms with E-state index in [1.807, 2.05) is 12.1 Å². The Bertz CT molecular complexity index is 556. The van der Waals surface area contributed by atoms with E-state index in [-0.39, 0.29) is 30.1 Å². The Morgan fingerprint density at radius 1 is 1.37 bits per heavy atom. The highest BCUT2D eigenvalue weighted by Gasteiger charge is 2.28. The highest BCUT2D eigenvalue weighted by Crippen LogP contribution is 2.14. The van der Waals surface area contributed by atoms with E-state index in [0.717, 1.165) is 3.57 Å². The van der Waals surface area contributed by atoms with Gasteiger partial charge in [-0.3, -0.25) is 4.79 Å². The zero-order chi connectivity index (χ0) is 13.9. The van der Waals surface area contributed by atoms with Gasteiger partial charge in [-0.25, -0.2) is 8.42 Å². The van der Waals surface area contributed by atoms with Gasteiger partial charge in [-0.15, -0.1) is 0 Å². The van der Waals surface area contributed by atoms with Gasteiger partial charge in [0, 0.05) is 9.61 Å². The lowest BCUT2D eigenvalue weighted by Crippen LogP contribution is -2.38. The third-order valence-corrected chi connectivity index (χ3v) is 5.27. The molecule has 104 valence electrons. The summed E-state index contributed by atoms with van der Waals surface area (Å²) >= 11 is 2.18. The summed E-state index contributed by atoms with van der Waals surface area (Å²) in [7, 11) is -2.97. The van der Waals surface area contributed by atoms with Crippen molar-refractivity contribution in [3.05, 3.63) is 27.8 Å². The second-order valence-electron chi connectivity index (χ2n) is 4.41. The number of carbonyl (C=O) groups excluding carboxylic acids is 1. The van der Waals surface area contributed by atoms with Crippen molar-refractivity contribution in [1.29, 1.82) is 0 Å². The minimum absolute atomic E-state index is 0.0300. The maximum atomic E-state index is 11.6. The van der Waals surface area contributed by atoms with Gasteiger partial charge in [0.05, 0.1) is 11.5 Å². The van der Waals surface area contributed by atoms with Crippen LogP contribution in [0.25, 0.3) is 0 Å². The molecule has 0 unspecified atom stereocenters. The van der Waals surface area contributed by atoms with Gasteiger partial charge in [-0.1, -0.05) is 0 Å². The van der Waals surface area contributed by atoms with Crippen molar-refractivity contribution in [3.8, 4) is 5.75 Å². The second kappa shape index (κ2) is 6.08. The first-order chi connectivity index (χ1) is 8.94. The molecule has 2 rings (SSSR count). The first kappa shape index (κ1) is 14.6. The molecule has 1 amide bonds. The van der Waals surface area contributed by atoms with Crippen LogP contribution in [0.4, 0.5) is 0 Å². The average Bonchev–Trinajstić information content (AvgIpc) is 2.68. The molecule has 1 fully saturated rings. The zero-order valence-corrected chi connectivity index (χ0v) is 13.1. The van der Waals surface area contributed by atoms with Crippen LogP contribution < -0.4 is 10.1 Å². The van der Waals surface area contributed by atoms with Gasteiger partial charge in [0.25, 0.3) is 5.91 Å². The summed E-state index contributed by atoms with van der Waals surface area (Å²) in [5, 5.41) is 2.67. The summed E-state index contributed by atoms with van der Waals surface area (Å²) in [6.07, 6.45) is 0.484. The van der Waals surface area contributed by atoms with Crippen molar-refractivity contribution < 1.29 is 17.9 Å². The van der Waals surface area contributed by atoms with Gasteiger partial charge in [-0.05, 0) is 53.3 Å². The van der Waals surface area contributed by atoms with E-state index in [4.69, 9.17) is 4.74 Å². The number of amides is 1. The molecular weight excluding hydrogens is 381 g/mol. The largest absolute Gasteiger partial charge is 0.484 e. The quantitative estimate of drug-likeness (QED) is 0.772. The van der Waals surface area contributed by atoms with E-state index >= 15 is 0 Å². The van der Waals surface area contributed by atoms with Crippen LogP contribution in [0.3, 0.4) is 0 Å². The zero-order valence-electron chi connectivity index (χ0n) is 10.1. The molecule has 0 spiro atoms. The third-order valence-electron chi connectivity index (χ3n) is 2.78. The highest BCUT2D eigenvalue weighted by atomic mass is 127. The van der Waals surface area contributed by atoms with Gasteiger partial charge >= 0.3 is 0 Å². The molecule has 19 heavy (non-hydrogen) atoms. The average molecular weight is 395 g/mol. The van der Waals surface area contributed by atoms with Crippen molar-refractivity contribution in [3.63, 3.8) is 0 Å². The van der Waals surface area contributed by atoms with Crippen LogP contribution in [0.2, 0.25) is 0 Å². The van der Waals surface area contributed by atoms with Crippen molar-refractivity contribution in [1.82, 2.24) is 5.32 Å². The molecule has 0 saturated carbocycles. The lowest BCUT2D eigenvalue weighted by Gasteiger charge is -2.11. The monoisotopic (exact) mass is 395 g/mol. The van der Waals surface area contributed by atoms with Gasteiger partial charge < -0.3 is 10.1 Å². The minimum atomic E-state index is -2.97. The highest BCUT2D eigenvalue weighted by molar-refractivity contribution is 14.1. The third kappa shape index (κ3) is 4.64. The molecule has 1 aromatic rings. The number of nitrogens with one attached hydrogen (secondary N) is 1. The number of halogens is 1. The fourth-order valence-corrected chi connectivity index (χ4v) is 3.89. The van der Waals surface area contributed by atoms with E-state index in [2.05, 4.69) is 27.9 Å². The molecule has 7 heteroatoms. The molecule has 0 radical (unpaired) electrons. The van der Waals surface area contributed by atoms with E-state index < -0.39 is 9.84 Å². The van der Waals surface area contributed by atoms with Gasteiger partial charge in [0.15, 0.2) is 16.4 Å². The number of rotatable bonds is 4. The molecule has 1 aliphatic rings. The standard InChI is InChI=1S/C12H14INO4S/c13-9-1-3-11(4-2-9)18-7-12(15)14-10-5-6-19(16,17)8-10/h1-4,10H,5-8H2,(H,14,15)/t10-/m0/s1. The van der Waals surface area contributed by atoms with Crippen LogP contribution in [-0.2, 0) is 14.6 Å². The van der Waals surface area contributed by atoms with Crippen molar-refractivity contribution in [2.75, 3.05) is 18.1 Å². The fraction of sp³-hybridized carbons (Fsp3) is 0.417. The second-order valence-corrected chi connectivity index (χ2v) is 7.88. The number of carbonyl (C=O) groups is 1. The number of sulfone groups is 1. The predicted octanol–water partition coefficient (Wildman–Crippen LogP) is 0.973. The number of hydrogen-bond donors (Lipinski definition) is 1. The molecule has 5 nitrogen and oxygen atoms in total. The Morgan fingerprint density at radius 2 is 2.05 bits per heavy atom. The van der Waals surface area contributed by atoms with Crippen LogP contribution in [0.1, 0.15) is 6.42 Å². The maximum Gasteiger partial charge on any atom is 0.258 e. The van der Waals surface area contributed by atoms with Crippen LogP contribution in [0.5, 0.6) is 5.75 Å². The molecule has 1 N–H and O–H groups in total. The summed E-state index contributed by atoms with van der Waals surface area (Å²) < 4.78 is 28.9. The van der Waals surface area contributed by atoms with Crippen LogP contribution >= 0.6 is 22.6 Å². The molecule has 0 bridgehead atoms. The topological polar surface area (TPSA) is 72.5 Å². The lowest BCUT2D eigenvalue weighted by molar-refractivity contribution is -0.123.